The molecule has 1 fully saturated rings. The molecule has 1 aliphatic carbocycles. The molecule has 0 atom stereocenters. The Hall–Kier alpha value is -1.36. The SMILES string of the molecule is Cc1c(C(=O)O)cccc1S(=O)(=O)CC1CCC1. The van der Waals surface area contributed by atoms with Gasteiger partial charge in [-0.15, -0.1) is 0 Å². The summed E-state index contributed by atoms with van der Waals surface area (Å²) >= 11 is 0. The topological polar surface area (TPSA) is 71.4 Å². The predicted molar refractivity (Wildman–Crippen MR) is 67.5 cm³/mol. The molecule has 5 heteroatoms. The van der Waals surface area contributed by atoms with Crippen LogP contribution in [0.3, 0.4) is 0 Å². The average molecular weight is 268 g/mol. The molecule has 1 aliphatic rings. The Morgan fingerprint density at radius 3 is 2.56 bits per heavy atom. The monoisotopic (exact) mass is 268 g/mol. The maximum atomic E-state index is 12.2. The van der Waals surface area contributed by atoms with Gasteiger partial charge in [0.1, 0.15) is 0 Å². The van der Waals surface area contributed by atoms with Gasteiger partial charge < -0.3 is 5.11 Å². The van der Waals surface area contributed by atoms with Gasteiger partial charge in [0.2, 0.25) is 0 Å². The lowest BCUT2D eigenvalue weighted by atomic mass is 9.87. The summed E-state index contributed by atoms with van der Waals surface area (Å²) in [6, 6.07) is 4.42. The molecule has 18 heavy (non-hydrogen) atoms. The highest BCUT2D eigenvalue weighted by Crippen LogP contribution is 2.31. The van der Waals surface area contributed by atoms with Gasteiger partial charge in [0.05, 0.1) is 16.2 Å². The lowest BCUT2D eigenvalue weighted by Gasteiger charge is -2.25. The lowest BCUT2D eigenvalue weighted by Crippen LogP contribution is -2.23. The molecular weight excluding hydrogens is 252 g/mol. The van der Waals surface area contributed by atoms with Crippen LogP contribution in [-0.2, 0) is 9.84 Å². The van der Waals surface area contributed by atoms with E-state index in [1.165, 1.54) is 18.2 Å². The lowest BCUT2D eigenvalue weighted by molar-refractivity contribution is 0.0696. The molecule has 0 radical (unpaired) electrons. The summed E-state index contributed by atoms with van der Waals surface area (Å²) in [5.74, 6) is -0.715. The molecule has 4 nitrogen and oxygen atoms in total. The van der Waals surface area contributed by atoms with Gasteiger partial charge in [-0.05, 0) is 43.4 Å². The van der Waals surface area contributed by atoms with Crippen molar-refractivity contribution in [2.24, 2.45) is 5.92 Å². The number of benzene rings is 1. The molecule has 1 N–H and O–H groups in total. The number of sulfone groups is 1. The molecule has 0 heterocycles. The fourth-order valence-corrected chi connectivity index (χ4v) is 4.24. The Morgan fingerprint density at radius 1 is 1.39 bits per heavy atom. The molecule has 98 valence electrons. The second-order valence-electron chi connectivity index (χ2n) is 4.81. The predicted octanol–water partition coefficient (Wildman–Crippen LogP) is 2.27. The first-order valence-corrected chi connectivity index (χ1v) is 7.62. The number of rotatable bonds is 4. The summed E-state index contributed by atoms with van der Waals surface area (Å²) in [5.41, 5.74) is 0.397. The minimum Gasteiger partial charge on any atom is -0.478 e. The highest BCUT2D eigenvalue weighted by Gasteiger charge is 2.27. The Labute approximate surface area is 107 Å². The molecule has 0 spiro atoms. The summed E-state index contributed by atoms with van der Waals surface area (Å²) in [4.78, 5) is 11.2. The number of aromatic carboxylic acids is 1. The normalized spacial score (nSPS) is 16.3. The zero-order valence-corrected chi connectivity index (χ0v) is 11.0. The number of hydrogen-bond acceptors (Lipinski definition) is 3. The zero-order chi connectivity index (χ0) is 13.3. The minimum absolute atomic E-state index is 0.0599. The van der Waals surface area contributed by atoms with Crippen LogP contribution in [0, 0.1) is 12.8 Å². The Bertz CT molecular complexity index is 571. The van der Waals surface area contributed by atoms with Crippen molar-refractivity contribution in [2.75, 3.05) is 5.75 Å². The van der Waals surface area contributed by atoms with E-state index in [0.717, 1.165) is 19.3 Å². The standard InChI is InChI=1S/C13H16O4S/c1-9-11(13(14)15)6-3-7-12(9)18(16,17)8-10-4-2-5-10/h3,6-7,10H,2,4-5,8H2,1H3,(H,14,15). The highest BCUT2D eigenvalue weighted by atomic mass is 32.2. The fraction of sp³-hybridized carbons (Fsp3) is 0.462. The van der Waals surface area contributed by atoms with E-state index >= 15 is 0 Å². The van der Waals surface area contributed by atoms with Crippen LogP contribution in [0.1, 0.15) is 35.2 Å². The van der Waals surface area contributed by atoms with E-state index in [4.69, 9.17) is 5.11 Å². The first kappa shape index (κ1) is 13.1. The van der Waals surface area contributed by atoms with Crippen LogP contribution < -0.4 is 0 Å². The summed E-state index contributed by atoms with van der Waals surface area (Å²) in [6.07, 6.45) is 3.00. The molecule has 0 aliphatic heterocycles. The van der Waals surface area contributed by atoms with Crippen molar-refractivity contribution in [3.63, 3.8) is 0 Å². The van der Waals surface area contributed by atoms with Gasteiger partial charge in [-0.2, -0.15) is 0 Å². The number of carboxylic acid groups (broad SMARTS) is 1. The molecular formula is C13H16O4S. The molecule has 2 rings (SSSR count). The first-order chi connectivity index (χ1) is 8.42. The van der Waals surface area contributed by atoms with Crippen LogP contribution in [0.4, 0.5) is 0 Å². The highest BCUT2D eigenvalue weighted by molar-refractivity contribution is 7.91. The molecule has 1 saturated carbocycles. The van der Waals surface area contributed by atoms with Crippen molar-refractivity contribution in [1.82, 2.24) is 0 Å². The van der Waals surface area contributed by atoms with Crippen LogP contribution in [-0.4, -0.2) is 25.2 Å². The summed E-state index contributed by atoms with van der Waals surface area (Å²) < 4.78 is 24.5. The van der Waals surface area contributed by atoms with E-state index in [0.29, 0.717) is 5.56 Å². The van der Waals surface area contributed by atoms with Gasteiger partial charge in [-0.3, -0.25) is 0 Å². The van der Waals surface area contributed by atoms with Gasteiger partial charge in [-0.25, -0.2) is 13.2 Å². The average Bonchev–Trinajstić information content (AvgIpc) is 2.23. The van der Waals surface area contributed by atoms with E-state index in [1.807, 2.05) is 0 Å². The number of hydrogen-bond donors (Lipinski definition) is 1. The second kappa shape index (κ2) is 4.72. The molecule has 0 amide bonds. The van der Waals surface area contributed by atoms with Crippen molar-refractivity contribution in [3.05, 3.63) is 29.3 Å². The third-order valence-electron chi connectivity index (χ3n) is 3.53. The van der Waals surface area contributed by atoms with Crippen LogP contribution in [0.5, 0.6) is 0 Å². The third kappa shape index (κ3) is 2.41. The van der Waals surface area contributed by atoms with Gasteiger partial charge in [0.25, 0.3) is 0 Å². The molecule has 0 saturated heterocycles. The maximum absolute atomic E-state index is 12.2. The quantitative estimate of drug-likeness (QED) is 0.909. The molecule has 0 aromatic heterocycles. The third-order valence-corrected chi connectivity index (χ3v) is 5.55. The second-order valence-corrected chi connectivity index (χ2v) is 6.81. The van der Waals surface area contributed by atoms with Crippen LogP contribution >= 0.6 is 0 Å². The molecule has 0 bridgehead atoms. The van der Waals surface area contributed by atoms with Crippen molar-refractivity contribution >= 4 is 15.8 Å². The van der Waals surface area contributed by atoms with Crippen LogP contribution in [0.2, 0.25) is 0 Å². The smallest absolute Gasteiger partial charge is 0.335 e. The van der Waals surface area contributed by atoms with E-state index in [1.54, 1.807) is 6.92 Å². The van der Waals surface area contributed by atoms with E-state index in [9.17, 15) is 13.2 Å². The van der Waals surface area contributed by atoms with Crippen molar-refractivity contribution in [3.8, 4) is 0 Å². The Balaban J connectivity index is 2.37. The summed E-state index contributed by atoms with van der Waals surface area (Å²) in [7, 11) is -3.37. The van der Waals surface area contributed by atoms with E-state index in [-0.39, 0.29) is 22.1 Å². The summed E-state index contributed by atoms with van der Waals surface area (Å²) in [6.45, 7) is 1.55. The largest absolute Gasteiger partial charge is 0.478 e. The molecule has 0 unspecified atom stereocenters. The van der Waals surface area contributed by atoms with Crippen LogP contribution in [0.15, 0.2) is 23.1 Å². The van der Waals surface area contributed by atoms with Gasteiger partial charge in [0, 0.05) is 0 Å². The van der Waals surface area contributed by atoms with E-state index < -0.39 is 15.8 Å². The van der Waals surface area contributed by atoms with Crippen molar-refractivity contribution in [2.45, 2.75) is 31.1 Å². The Morgan fingerprint density at radius 2 is 2.06 bits per heavy atom. The number of carbonyl (C=O) groups is 1. The van der Waals surface area contributed by atoms with Gasteiger partial charge in [-0.1, -0.05) is 12.5 Å². The fourth-order valence-electron chi connectivity index (χ4n) is 2.24. The Kier molecular flexibility index (Phi) is 3.43. The first-order valence-electron chi connectivity index (χ1n) is 5.97. The molecule has 1 aromatic rings. The van der Waals surface area contributed by atoms with E-state index in [2.05, 4.69) is 0 Å². The van der Waals surface area contributed by atoms with Crippen molar-refractivity contribution in [1.29, 1.82) is 0 Å². The summed E-state index contributed by atoms with van der Waals surface area (Å²) in [5, 5.41) is 9.00. The zero-order valence-electron chi connectivity index (χ0n) is 10.2. The number of carboxylic acids is 1. The van der Waals surface area contributed by atoms with Gasteiger partial charge in [0.15, 0.2) is 9.84 Å². The van der Waals surface area contributed by atoms with Crippen molar-refractivity contribution < 1.29 is 18.3 Å². The van der Waals surface area contributed by atoms with Crippen LogP contribution in [0.25, 0.3) is 0 Å². The van der Waals surface area contributed by atoms with Gasteiger partial charge >= 0.3 is 5.97 Å². The molecule has 1 aromatic carbocycles. The minimum atomic E-state index is -3.37. The maximum Gasteiger partial charge on any atom is 0.335 e.